The second-order valence-electron chi connectivity index (χ2n) is 14.0. The number of nitrogens with zero attached hydrogens (tertiary/aromatic N) is 4. The first kappa shape index (κ1) is 37.7. The SMILES string of the molecule is CC.CC1=Cc2ccccc2-c2c(C3CCCCC3)c3ccc(C(=O)NS(=O)(=O)N(C)C)cc3n2C1.O=CN1CCC(N2CC[C@H](F)C2)CC1. The third-order valence-electron chi connectivity index (χ3n) is 10.4. The lowest BCUT2D eigenvalue weighted by molar-refractivity contribution is -0.119. The molecule has 0 spiro atoms. The monoisotopic (exact) mass is 707 g/mol. The van der Waals surface area contributed by atoms with Crippen molar-refractivity contribution in [2.75, 3.05) is 40.3 Å². The molecule has 2 saturated heterocycles. The molecule has 1 aliphatic carbocycles. The van der Waals surface area contributed by atoms with Crippen LogP contribution in [0, 0.1) is 0 Å². The van der Waals surface area contributed by atoms with Gasteiger partial charge in [0.25, 0.3) is 5.91 Å². The van der Waals surface area contributed by atoms with Crippen molar-refractivity contribution in [1.82, 2.24) is 23.4 Å². The lowest BCUT2D eigenvalue weighted by Gasteiger charge is -2.34. The number of carbonyl (C=O) groups is 2. The Morgan fingerprint density at radius 3 is 2.30 bits per heavy atom. The predicted molar refractivity (Wildman–Crippen MR) is 200 cm³/mol. The van der Waals surface area contributed by atoms with Gasteiger partial charge in [0.05, 0.1) is 5.69 Å². The zero-order chi connectivity index (χ0) is 36.0. The van der Waals surface area contributed by atoms with Crippen LogP contribution < -0.4 is 4.72 Å². The van der Waals surface area contributed by atoms with Crippen LogP contribution in [0.4, 0.5) is 4.39 Å². The molecule has 3 aliphatic heterocycles. The van der Waals surface area contributed by atoms with Crippen LogP contribution in [0.2, 0.25) is 0 Å². The second-order valence-corrected chi connectivity index (χ2v) is 15.8. The maximum absolute atomic E-state index is 13.0. The van der Waals surface area contributed by atoms with Crippen molar-refractivity contribution in [2.45, 2.75) is 96.8 Å². The van der Waals surface area contributed by atoms with Crippen LogP contribution in [-0.4, -0.2) is 91.9 Å². The molecule has 9 nitrogen and oxygen atoms in total. The van der Waals surface area contributed by atoms with Crippen molar-refractivity contribution in [2.24, 2.45) is 0 Å². The van der Waals surface area contributed by atoms with E-state index in [9.17, 15) is 22.4 Å². The summed E-state index contributed by atoms with van der Waals surface area (Å²) in [6.07, 6.45) is 11.3. The Bertz CT molecular complexity index is 1790. The number of hydrogen-bond donors (Lipinski definition) is 1. The molecule has 4 heterocycles. The van der Waals surface area contributed by atoms with Crippen LogP contribution >= 0.6 is 0 Å². The Morgan fingerprint density at radius 2 is 1.66 bits per heavy atom. The van der Waals surface area contributed by atoms with Crippen molar-refractivity contribution in [3.8, 4) is 11.3 Å². The van der Waals surface area contributed by atoms with E-state index in [0.717, 1.165) is 55.3 Å². The molecule has 11 heteroatoms. The third-order valence-corrected chi connectivity index (χ3v) is 11.8. The summed E-state index contributed by atoms with van der Waals surface area (Å²) in [6, 6.07) is 14.7. The Balaban J connectivity index is 0.000000253. The highest BCUT2D eigenvalue weighted by atomic mass is 32.2. The number of amides is 2. The molecule has 50 heavy (non-hydrogen) atoms. The number of benzene rings is 2. The normalized spacial score (nSPS) is 20.1. The molecular formula is C39H54FN5O4S. The molecule has 272 valence electrons. The fourth-order valence-corrected chi connectivity index (χ4v) is 8.41. The van der Waals surface area contributed by atoms with Gasteiger partial charge in [-0.15, -0.1) is 0 Å². The minimum atomic E-state index is -3.86. The smallest absolute Gasteiger partial charge is 0.303 e. The van der Waals surface area contributed by atoms with E-state index in [2.05, 4.69) is 51.5 Å². The second kappa shape index (κ2) is 16.7. The number of alkyl halides is 1. The number of likely N-dealkylation sites (tertiary alicyclic amines) is 2. The van der Waals surface area contributed by atoms with Crippen molar-refractivity contribution in [1.29, 1.82) is 0 Å². The Morgan fingerprint density at radius 1 is 0.960 bits per heavy atom. The number of rotatable bonds is 6. The number of fused-ring (bicyclic) bond motifs is 5. The largest absolute Gasteiger partial charge is 0.345 e. The lowest BCUT2D eigenvalue weighted by Crippen LogP contribution is -2.43. The van der Waals surface area contributed by atoms with E-state index in [1.54, 1.807) is 11.0 Å². The zero-order valence-corrected chi connectivity index (χ0v) is 31.1. The summed E-state index contributed by atoms with van der Waals surface area (Å²) in [5.74, 6) is -0.139. The number of hydrogen-bond acceptors (Lipinski definition) is 5. The number of allylic oxidation sites excluding steroid dienone is 1. The van der Waals surface area contributed by atoms with E-state index in [1.807, 2.05) is 26.0 Å². The third kappa shape index (κ3) is 8.32. The van der Waals surface area contributed by atoms with Crippen LogP contribution in [0.5, 0.6) is 0 Å². The Kier molecular flexibility index (Phi) is 12.6. The summed E-state index contributed by atoms with van der Waals surface area (Å²) >= 11 is 0. The number of halogens is 1. The van der Waals surface area contributed by atoms with E-state index < -0.39 is 22.3 Å². The highest BCUT2D eigenvalue weighted by Gasteiger charge is 2.31. The molecule has 2 aromatic carbocycles. The van der Waals surface area contributed by atoms with Gasteiger partial charge in [-0.25, -0.2) is 9.11 Å². The van der Waals surface area contributed by atoms with Crippen LogP contribution in [-0.2, 0) is 21.5 Å². The van der Waals surface area contributed by atoms with Crippen molar-refractivity contribution in [3.63, 3.8) is 0 Å². The maximum Gasteiger partial charge on any atom is 0.303 e. The summed E-state index contributed by atoms with van der Waals surface area (Å²) in [7, 11) is -1.07. The van der Waals surface area contributed by atoms with Gasteiger partial charge in [0.15, 0.2) is 0 Å². The fraction of sp³-hybridized carbons (Fsp3) is 0.538. The van der Waals surface area contributed by atoms with Crippen molar-refractivity contribution in [3.05, 3.63) is 64.7 Å². The quantitative estimate of drug-likeness (QED) is 0.279. The highest BCUT2D eigenvalue weighted by molar-refractivity contribution is 7.87. The van der Waals surface area contributed by atoms with Gasteiger partial charge >= 0.3 is 10.2 Å². The van der Waals surface area contributed by atoms with Crippen LogP contribution in [0.25, 0.3) is 28.2 Å². The average Bonchev–Trinajstić information content (AvgIpc) is 3.66. The van der Waals surface area contributed by atoms with Gasteiger partial charge < -0.3 is 9.47 Å². The minimum absolute atomic E-state index is 0.340. The molecule has 0 unspecified atom stereocenters. The maximum atomic E-state index is 13.0. The summed E-state index contributed by atoms with van der Waals surface area (Å²) in [4.78, 5) is 27.4. The van der Waals surface area contributed by atoms with E-state index in [-0.39, 0.29) is 0 Å². The highest BCUT2D eigenvalue weighted by Crippen LogP contribution is 2.46. The van der Waals surface area contributed by atoms with Gasteiger partial charge in [-0.1, -0.05) is 75.1 Å². The molecule has 0 bridgehead atoms. The van der Waals surface area contributed by atoms with E-state index in [1.165, 1.54) is 79.5 Å². The zero-order valence-electron chi connectivity index (χ0n) is 30.3. The Labute approximate surface area is 297 Å². The first-order chi connectivity index (χ1) is 24.1. The van der Waals surface area contributed by atoms with Gasteiger partial charge in [0, 0.05) is 74.9 Å². The summed E-state index contributed by atoms with van der Waals surface area (Å²) < 4.78 is 42.9. The molecule has 3 fully saturated rings. The van der Waals surface area contributed by atoms with Gasteiger partial charge in [-0.3, -0.25) is 14.5 Å². The molecule has 4 aliphatic rings. The first-order valence-electron chi connectivity index (χ1n) is 18.3. The van der Waals surface area contributed by atoms with Crippen LogP contribution in [0.1, 0.15) is 99.5 Å². The van der Waals surface area contributed by atoms with E-state index in [4.69, 9.17) is 0 Å². The Hall–Kier alpha value is -3.54. The molecule has 0 radical (unpaired) electrons. The molecule has 1 aromatic heterocycles. The molecular weight excluding hydrogens is 654 g/mol. The number of aromatic nitrogens is 1. The van der Waals surface area contributed by atoms with E-state index in [0.29, 0.717) is 30.5 Å². The van der Waals surface area contributed by atoms with Crippen LogP contribution in [0.15, 0.2) is 48.0 Å². The van der Waals surface area contributed by atoms with Gasteiger partial charge in [-0.05, 0) is 68.2 Å². The minimum Gasteiger partial charge on any atom is -0.345 e. The predicted octanol–water partition coefficient (Wildman–Crippen LogP) is 6.99. The van der Waals surface area contributed by atoms with Gasteiger partial charge in [0.1, 0.15) is 6.17 Å². The molecule has 2 amide bonds. The molecule has 7 rings (SSSR count). The number of carbonyl (C=O) groups excluding carboxylic acids is 2. The summed E-state index contributed by atoms with van der Waals surface area (Å²) in [6.45, 7) is 10.0. The lowest BCUT2D eigenvalue weighted by atomic mass is 9.81. The van der Waals surface area contributed by atoms with Gasteiger partial charge in [-0.2, -0.15) is 12.7 Å². The van der Waals surface area contributed by atoms with Crippen LogP contribution in [0.3, 0.4) is 0 Å². The molecule has 1 N–H and O–H groups in total. The summed E-state index contributed by atoms with van der Waals surface area (Å²) in [5.41, 5.74) is 7.61. The standard InChI is InChI=1S/C27H31N3O3S.C10H17FN2O.C2H6/c1-18-15-20-11-7-8-12-22(20)26-25(19-9-5-4-6-10-19)23-14-13-21(16-24(23)30(26)17-18)27(31)28-34(32,33)29(2)3;11-9-1-6-13(7-9)10-2-4-12(8-14)5-3-10;1-2/h7-8,11-16,19H,4-6,9-10,17H2,1-3H3,(H,28,31);8-10H,1-7H2;1-2H3/t;9-;/m.0./s1. The average molecular weight is 708 g/mol. The van der Waals surface area contributed by atoms with Crippen molar-refractivity contribution < 1.29 is 22.4 Å². The number of nitrogens with one attached hydrogen (secondary N) is 1. The topological polar surface area (TPSA) is 95.0 Å². The van der Waals surface area contributed by atoms with Crippen molar-refractivity contribution >= 4 is 39.5 Å². The summed E-state index contributed by atoms with van der Waals surface area (Å²) in [5, 5.41) is 1.17. The van der Waals surface area contributed by atoms with E-state index >= 15 is 0 Å². The van der Waals surface area contributed by atoms with Gasteiger partial charge in [0.2, 0.25) is 6.41 Å². The molecule has 1 atom stereocenters. The number of piperidine rings is 1. The first-order valence-corrected chi connectivity index (χ1v) is 19.7. The molecule has 1 saturated carbocycles. The fourth-order valence-electron chi connectivity index (χ4n) is 7.87. The molecule has 3 aromatic rings.